The van der Waals surface area contributed by atoms with Crippen LogP contribution < -0.4 is 9.62 Å². The molecular weight excluding hydrogens is 637 g/mol. The van der Waals surface area contributed by atoms with Gasteiger partial charge in [-0.3, -0.25) is 13.9 Å². The molecule has 40 heavy (non-hydrogen) atoms. The van der Waals surface area contributed by atoms with E-state index >= 15 is 0 Å². The van der Waals surface area contributed by atoms with Crippen LogP contribution >= 0.6 is 39.1 Å². The average Bonchev–Trinajstić information content (AvgIpc) is 2.93. The van der Waals surface area contributed by atoms with Gasteiger partial charge in [-0.15, -0.1) is 0 Å². The first-order chi connectivity index (χ1) is 19.0. The molecule has 0 aliphatic heterocycles. The van der Waals surface area contributed by atoms with Crippen LogP contribution in [0.2, 0.25) is 10.0 Å². The maximum atomic E-state index is 14.1. The molecular formula is C29H32BrCl2N3O4S. The van der Waals surface area contributed by atoms with Crippen LogP contribution in [0, 0.1) is 0 Å². The molecule has 2 atom stereocenters. The van der Waals surface area contributed by atoms with Crippen molar-refractivity contribution in [3.63, 3.8) is 0 Å². The zero-order chi connectivity index (χ0) is 29.4. The van der Waals surface area contributed by atoms with E-state index in [2.05, 4.69) is 21.2 Å². The molecule has 0 radical (unpaired) electrons. The van der Waals surface area contributed by atoms with Crippen molar-refractivity contribution in [1.29, 1.82) is 0 Å². The van der Waals surface area contributed by atoms with E-state index in [4.69, 9.17) is 23.2 Å². The molecule has 3 aromatic rings. The zero-order valence-electron chi connectivity index (χ0n) is 22.5. The van der Waals surface area contributed by atoms with Gasteiger partial charge in [-0.1, -0.05) is 77.2 Å². The summed E-state index contributed by atoms with van der Waals surface area (Å²) in [7, 11) is -4.13. The minimum atomic E-state index is -4.13. The summed E-state index contributed by atoms with van der Waals surface area (Å²) in [6.07, 6.45) is 1.02. The first-order valence-corrected chi connectivity index (χ1v) is 15.8. The number of nitrogens with zero attached hydrogens (tertiary/aromatic N) is 2. The number of carbonyl (C=O) groups is 2. The summed E-state index contributed by atoms with van der Waals surface area (Å²) in [6, 6.07) is 18.5. The fraction of sp³-hybridized carbons (Fsp3) is 0.310. The molecule has 1 N–H and O–H groups in total. The minimum absolute atomic E-state index is 0.0131. The lowest BCUT2D eigenvalue weighted by atomic mass is 10.1. The molecule has 0 fully saturated rings. The standard InChI is InChI=1S/C29H32BrCl2N3O4S/c1-4-20(3)33-29(37)27(5-2)34(18-21-11-14-23(31)17-26(21)32)28(36)19-35(24-15-12-22(30)13-16-24)40(38,39)25-9-7-6-8-10-25/h6-17,20,27H,4-5,18-19H2,1-3H3,(H,33,37). The van der Waals surface area contributed by atoms with Gasteiger partial charge in [-0.05, 0) is 73.9 Å². The molecule has 0 bridgehead atoms. The molecule has 11 heteroatoms. The summed E-state index contributed by atoms with van der Waals surface area (Å²) in [4.78, 5) is 28.8. The van der Waals surface area contributed by atoms with Crippen molar-refractivity contribution < 1.29 is 18.0 Å². The van der Waals surface area contributed by atoms with E-state index in [0.29, 0.717) is 34.1 Å². The Morgan fingerprint density at radius 3 is 2.17 bits per heavy atom. The molecule has 3 rings (SSSR count). The maximum Gasteiger partial charge on any atom is 0.264 e. The smallest absolute Gasteiger partial charge is 0.264 e. The van der Waals surface area contributed by atoms with Crippen LogP contribution in [-0.4, -0.2) is 43.8 Å². The van der Waals surface area contributed by atoms with Gasteiger partial charge in [0.1, 0.15) is 12.6 Å². The summed E-state index contributed by atoms with van der Waals surface area (Å²) >= 11 is 15.9. The van der Waals surface area contributed by atoms with Gasteiger partial charge < -0.3 is 10.2 Å². The molecule has 0 aliphatic rings. The molecule has 214 valence electrons. The molecule has 7 nitrogen and oxygen atoms in total. The highest BCUT2D eigenvalue weighted by molar-refractivity contribution is 9.10. The normalized spacial score (nSPS) is 12.8. The number of rotatable bonds is 12. The Morgan fingerprint density at radius 1 is 0.950 bits per heavy atom. The summed E-state index contributed by atoms with van der Waals surface area (Å²) in [6.45, 7) is 5.09. The predicted octanol–water partition coefficient (Wildman–Crippen LogP) is 6.67. The van der Waals surface area contributed by atoms with Gasteiger partial charge in [0.05, 0.1) is 10.6 Å². The monoisotopic (exact) mass is 667 g/mol. The average molecular weight is 669 g/mol. The third-order valence-corrected chi connectivity index (χ3v) is 9.37. The predicted molar refractivity (Wildman–Crippen MR) is 164 cm³/mol. The second-order valence-electron chi connectivity index (χ2n) is 9.30. The Labute approximate surface area is 254 Å². The van der Waals surface area contributed by atoms with E-state index in [1.54, 1.807) is 67.6 Å². The van der Waals surface area contributed by atoms with Crippen LogP contribution in [0.15, 0.2) is 82.2 Å². The van der Waals surface area contributed by atoms with E-state index in [-0.39, 0.29) is 23.4 Å². The quantitative estimate of drug-likeness (QED) is 0.234. The van der Waals surface area contributed by atoms with Gasteiger partial charge in [0.15, 0.2) is 0 Å². The summed E-state index contributed by atoms with van der Waals surface area (Å²) in [5.74, 6) is -0.879. The largest absolute Gasteiger partial charge is 0.352 e. The van der Waals surface area contributed by atoms with Gasteiger partial charge >= 0.3 is 0 Å². The van der Waals surface area contributed by atoms with Crippen molar-refractivity contribution in [2.75, 3.05) is 10.8 Å². The molecule has 2 amide bonds. The third kappa shape index (κ3) is 8.00. The number of hydrogen-bond acceptors (Lipinski definition) is 4. The van der Waals surface area contributed by atoms with E-state index in [0.717, 1.165) is 8.78 Å². The number of hydrogen-bond donors (Lipinski definition) is 1. The Morgan fingerprint density at radius 2 is 1.60 bits per heavy atom. The van der Waals surface area contributed by atoms with Gasteiger partial charge in [0.25, 0.3) is 10.0 Å². The lowest BCUT2D eigenvalue weighted by Crippen LogP contribution is -2.53. The van der Waals surface area contributed by atoms with E-state index in [1.807, 2.05) is 13.8 Å². The molecule has 2 unspecified atom stereocenters. The van der Waals surface area contributed by atoms with Crippen LogP contribution in [0.25, 0.3) is 0 Å². The summed E-state index contributed by atoms with van der Waals surface area (Å²) in [5.41, 5.74) is 0.886. The topological polar surface area (TPSA) is 86.8 Å². The van der Waals surface area contributed by atoms with E-state index in [9.17, 15) is 18.0 Å². The maximum absolute atomic E-state index is 14.1. The lowest BCUT2D eigenvalue weighted by molar-refractivity contribution is -0.140. The molecule has 0 saturated carbocycles. The van der Waals surface area contributed by atoms with Crippen LogP contribution in [-0.2, 0) is 26.2 Å². The van der Waals surface area contributed by atoms with Crippen LogP contribution in [0.5, 0.6) is 0 Å². The van der Waals surface area contributed by atoms with Crippen LogP contribution in [0.4, 0.5) is 5.69 Å². The van der Waals surface area contributed by atoms with Crippen LogP contribution in [0.1, 0.15) is 39.2 Å². The zero-order valence-corrected chi connectivity index (χ0v) is 26.4. The molecule has 3 aromatic carbocycles. The van der Waals surface area contributed by atoms with Crippen LogP contribution in [0.3, 0.4) is 0 Å². The van der Waals surface area contributed by atoms with Crippen molar-refractivity contribution >= 4 is 66.7 Å². The summed E-state index contributed by atoms with van der Waals surface area (Å²) in [5, 5.41) is 3.72. The van der Waals surface area contributed by atoms with Crippen molar-refractivity contribution in [3.8, 4) is 0 Å². The Bertz CT molecular complexity index is 1420. The van der Waals surface area contributed by atoms with E-state index in [1.165, 1.54) is 17.0 Å². The molecule has 0 aromatic heterocycles. The minimum Gasteiger partial charge on any atom is -0.352 e. The number of sulfonamides is 1. The summed E-state index contributed by atoms with van der Waals surface area (Å²) < 4.78 is 29.4. The van der Waals surface area contributed by atoms with Crippen molar-refractivity contribution in [2.24, 2.45) is 0 Å². The Kier molecular flexibility index (Phi) is 11.5. The number of halogens is 3. The van der Waals surface area contributed by atoms with Crippen molar-refractivity contribution in [1.82, 2.24) is 10.2 Å². The van der Waals surface area contributed by atoms with Gasteiger partial charge in [0, 0.05) is 27.1 Å². The molecule has 0 heterocycles. The first kappa shape index (κ1) is 31.9. The second-order valence-corrected chi connectivity index (χ2v) is 12.9. The van der Waals surface area contributed by atoms with Gasteiger partial charge in [-0.25, -0.2) is 8.42 Å². The molecule has 0 aliphatic carbocycles. The fourth-order valence-electron chi connectivity index (χ4n) is 4.05. The number of anilines is 1. The van der Waals surface area contributed by atoms with Crippen molar-refractivity contribution in [3.05, 3.63) is 92.9 Å². The lowest BCUT2D eigenvalue weighted by Gasteiger charge is -2.34. The highest BCUT2D eigenvalue weighted by Crippen LogP contribution is 2.27. The van der Waals surface area contributed by atoms with Gasteiger partial charge in [-0.2, -0.15) is 0 Å². The Hall–Kier alpha value is -2.59. The number of benzene rings is 3. The highest BCUT2D eigenvalue weighted by atomic mass is 79.9. The number of nitrogens with one attached hydrogen (secondary N) is 1. The number of carbonyl (C=O) groups excluding carboxylic acids is 2. The molecule has 0 spiro atoms. The number of amides is 2. The van der Waals surface area contributed by atoms with Gasteiger partial charge in [0.2, 0.25) is 11.8 Å². The first-order valence-electron chi connectivity index (χ1n) is 12.8. The SMILES string of the molecule is CCC(C)NC(=O)C(CC)N(Cc1ccc(Cl)cc1Cl)C(=O)CN(c1ccc(Br)cc1)S(=O)(=O)c1ccccc1. The van der Waals surface area contributed by atoms with E-state index < -0.39 is 28.5 Å². The van der Waals surface area contributed by atoms with Crippen molar-refractivity contribution in [2.45, 2.75) is 57.1 Å². The molecule has 0 saturated heterocycles. The second kappa shape index (κ2) is 14.3. The fourth-order valence-corrected chi connectivity index (χ4v) is 6.22. The highest BCUT2D eigenvalue weighted by Gasteiger charge is 2.34. The third-order valence-electron chi connectivity index (χ3n) is 6.47. The Balaban J connectivity index is 2.07.